The minimum Gasteiger partial charge on any atom is -0.454 e. The number of amides is 3. The van der Waals surface area contributed by atoms with Crippen LogP contribution in [0.1, 0.15) is 24.9 Å². The van der Waals surface area contributed by atoms with Gasteiger partial charge in [-0.25, -0.2) is 4.98 Å². The lowest BCUT2D eigenvalue weighted by Crippen LogP contribution is -2.31. The third-order valence-electron chi connectivity index (χ3n) is 6.33. The normalized spacial score (nSPS) is 15.6. The Bertz CT molecular complexity index is 1540. The molecule has 0 unspecified atom stereocenters. The summed E-state index contributed by atoms with van der Waals surface area (Å²) in [6, 6.07) is 19.2. The predicted octanol–water partition coefficient (Wildman–Crippen LogP) is 3.84. The number of rotatable bonds is 6. The molecular weight excluding hydrogens is 474 g/mol. The van der Waals surface area contributed by atoms with Gasteiger partial charge in [-0.3, -0.25) is 23.9 Å². The van der Waals surface area contributed by atoms with Crippen molar-refractivity contribution in [2.75, 3.05) is 22.3 Å². The van der Waals surface area contributed by atoms with Crippen LogP contribution in [0.15, 0.2) is 66.7 Å². The van der Waals surface area contributed by atoms with E-state index >= 15 is 0 Å². The summed E-state index contributed by atoms with van der Waals surface area (Å²) in [5.41, 5.74) is 3.60. The lowest BCUT2D eigenvalue weighted by molar-refractivity contribution is -0.124. The van der Waals surface area contributed by atoms with E-state index < -0.39 is 6.04 Å². The molecule has 0 aliphatic carbocycles. The maximum Gasteiger partial charge on any atom is 0.253 e. The van der Waals surface area contributed by atoms with Crippen molar-refractivity contribution in [2.24, 2.45) is 0 Å². The van der Waals surface area contributed by atoms with Gasteiger partial charge < -0.3 is 20.1 Å². The van der Waals surface area contributed by atoms with Crippen LogP contribution >= 0.6 is 0 Å². The van der Waals surface area contributed by atoms with E-state index in [2.05, 4.69) is 10.6 Å². The molecule has 0 saturated heterocycles. The summed E-state index contributed by atoms with van der Waals surface area (Å²) in [5.74, 6) is 1.12. The van der Waals surface area contributed by atoms with E-state index in [0.717, 1.165) is 16.6 Å². The number of para-hydroxylation sites is 2. The maximum atomic E-state index is 13.6. The number of anilines is 3. The van der Waals surface area contributed by atoms with Crippen LogP contribution in [0.2, 0.25) is 0 Å². The molecule has 4 aromatic rings. The SMILES string of the molecule is CC(=O)Nc1ccc(NC(=O)C[C@H]2C(=O)N(Cc3ccc4c(c3)OCO4)c3nc4ccccc4n32)cc1. The van der Waals surface area contributed by atoms with E-state index in [1.165, 1.54) is 6.92 Å². The average Bonchev–Trinajstić information content (AvgIpc) is 3.56. The molecule has 37 heavy (non-hydrogen) atoms. The third kappa shape index (κ3) is 4.22. The Labute approximate surface area is 211 Å². The molecule has 3 heterocycles. The second-order valence-corrected chi connectivity index (χ2v) is 8.91. The smallest absolute Gasteiger partial charge is 0.253 e. The van der Waals surface area contributed by atoms with Gasteiger partial charge in [0.05, 0.1) is 24.0 Å². The molecule has 0 spiro atoms. The molecular formula is C27H23N5O5. The van der Waals surface area contributed by atoms with Crippen molar-refractivity contribution in [3.8, 4) is 11.5 Å². The first kappa shape index (κ1) is 22.6. The molecule has 1 atom stereocenters. The largest absolute Gasteiger partial charge is 0.454 e. The number of benzene rings is 3. The summed E-state index contributed by atoms with van der Waals surface area (Å²) in [7, 11) is 0. The Balaban J connectivity index is 1.25. The molecule has 0 bridgehead atoms. The van der Waals surface area contributed by atoms with Crippen molar-refractivity contribution < 1.29 is 23.9 Å². The van der Waals surface area contributed by atoms with Gasteiger partial charge in [0.15, 0.2) is 11.5 Å². The summed E-state index contributed by atoms with van der Waals surface area (Å²) in [4.78, 5) is 44.2. The number of carbonyl (C=O) groups excluding carboxylic acids is 3. The minimum atomic E-state index is -0.741. The summed E-state index contributed by atoms with van der Waals surface area (Å²) >= 11 is 0. The van der Waals surface area contributed by atoms with Gasteiger partial charge in [-0.05, 0) is 54.1 Å². The summed E-state index contributed by atoms with van der Waals surface area (Å²) in [5, 5.41) is 5.53. The molecule has 186 valence electrons. The average molecular weight is 498 g/mol. The van der Waals surface area contributed by atoms with Crippen LogP contribution in [-0.4, -0.2) is 34.1 Å². The molecule has 2 aliphatic rings. The van der Waals surface area contributed by atoms with Gasteiger partial charge in [0, 0.05) is 18.3 Å². The zero-order valence-corrected chi connectivity index (χ0v) is 19.9. The summed E-state index contributed by atoms with van der Waals surface area (Å²) < 4.78 is 12.7. The molecule has 2 N–H and O–H groups in total. The van der Waals surface area contributed by atoms with Crippen molar-refractivity contribution in [3.63, 3.8) is 0 Å². The Morgan fingerprint density at radius 3 is 2.49 bits per heavy atom. The number of hydrogen-bond donors (Lipinski definition) is 2. The zero-order valence-electron chi connectivity index (χ0n) is 19.9. The Morgan fingerprint density at radius 2 is 1.70 bits per heavy atom. The van der Waals surface area contributed by atoms with Crippen molar-refractivity contribution in [1.29, 1.82) is 0 Å². The van der Waals surface area contributed by atoms with Gasteiger partial charge in [0.2, 0.25) is 24.6 Å². The number of imidazole rings is 1. The summed E-state index contributed by atoms with van der Waals surface area (Å²) in [6.07, 6.45) is -0.0583. The number of aromatic nitrogens is 2. The highest BCUT2D eigenvalue weighted by Gasteiger charge is 2.41. The first-order valence-electron chi connectivity index (χ1n) is 11.8. The molecule has 3 amide bonds. The summed E-state index contributed by atoms with van der Waals surface area (Å²) in [6.45, 7) is 1.88. The lowest BCUT2D eigenvalue weighted by atomic mass is 10.1. The van der Waals surface area contributed by atoms with E-state index in [9.17, 15) is 14.4 Å². The van der Waals surface area contributed by atoms with Crippen molar-refractivity contribution >= 4 is 46.1 Å². The van der Waals surface area contributed by atoms with E-state index in [1.54, 1.807) is 29.2 Å². The van der Waals surface area contributed by atoms with Crippen LogP contribution in [0.4, 0.5) is 17.3 Å². The quantitative estimate of drug-likeness (QED) is 0.418. The molecule has 10 heteroatoms. The van der Waals surface area contributed by atoms with Gasteiger partial charge >= 0.3 is 0 Å². The Kier molecular flexibility index (Phi) is 5.48. The number of fused-ring (bicyclic) bond motifs is 4. The molecule has 0 radical (unpaired) electrons. The molecule has 10 nitrogen and oxygen atoms in total. The molecule has 2 aliphatic heterocycles. The van der Waals surface area contributed by atoms with Crippen molar-refractivity contribution in [2.45, 2.75) is 25.9 Å². The number of carbonyl (C=O) groups is 3. The monoisotopic (exact) mass is 497 g/mol. The fraction of sp³-hybridized carbons (Fsp3) is 0.185. The van der Waals surface area contributed by atoms with E-state index in [1.807, 2.05) is 47.0 Å². The molecule has 6 rings (SSSR count). The van der Waals surface area contributed by atoms with Gasteiger partial charge in [0.1, 0.15) is 6.04 Å². The fourth-order valence-corrected chi connectivity index (χ4v) is 4.70. The third-order valence-corrected chi connectivity index (χ3v) is 6.33. The highest BCUT2D eigenvalue weighted by atomic mass is 16.7. The zero-order chi connectivity index (χ0) is 25.5. The number of hydrogen-bond acceptors (Lipinski definition) is 6. The molecule has 1 aromatic heterocycles. The van der Waals surface area contributed by atoms with Crippen LogP contribution in [0.3, 0.4) is 0 Å². The van der Waals surface area contributed by atoms with Gasteiger partial charge in [-0.1, -0.05) is 18.2 Å². The van der Waals surface area contributed by atoms with Gasteiger partial charge in [-0.2, -0.15) is 0 Å². The second kappa shape index (κ2) is 8.98. The highest BCUT2D eigenvalue weighted by Crippen LogP contribution is 2.39. The lowest BCUT2D eigenvalue weighted by Gasteiger charge is -2.16. The number of nitrogens with zero attached hydrogens (tertiary/aromatic N) is 3. The standard InChI is InChI=1S/C27H23N5O5/c1-16(33)28-18-7-9-19(10-8-18)29-25(34)13-22-26(35)31(14-17-6-11-23-24(12-17)37-15-36-23)27-30-20-4-2-3-5-21(20)32(22)27/h2-12,22H,13-15H2,1H3,(H,28,33)(H,29,34)/t22-/m0/s1. The number of ether oxygens (including phenoxy) is 2. The first-order chi connectivity index (χ1) is 18.0. The van der Waals surface area contributed by atoms with Gasteiger partial charge in [0.25, 0.3) is 5.91 Å². The van der Waals surface area contributed by atoms with Crippen LogP contribution in [0.5, 0.6) is 11.5 Å². The topological polar surface area (TPSA) is 115 Å². The van der Waals surface area contributed by atoms with Crippen molar-refractivity contribution in [1.82, 2.24) is 9.55 Å². The highest BCUT2D eigenvalue weighted by molar-refractivity contribution is 6.05. The first-order valence-corrected chi connectivity index (χ1v) is 11.8. The van der Waals surface area contributed by atoms with Crippen LogP contribution < -0.4 is 25.0 Å². The van der Waals surface area contributed by atoms with Crippen LogP contribution in [0.25, 0.3) is 11.0 Å². The van der Waals surface area contributed by atoms with Crippen LogP contribution in [-0.2, 0) is 20.9 Å². The maximum absolute atomic E-state index is 13.6. The Hall–Kier alpha value is -4.86. The Morgan fingerprint density at radius 1 is 0.973 bits per heavy atom. The second-order valence-electron chi connectivity index (χ2n) is 8.91. The molecule has 0 saturated carbocycles. The number of nitrogens with one attached hydrogen (secondary N) is 2. The fourth-order valence-electron chi connectivity index (χ4n) is 4.70. The molecule has 3 aromatic carbocycles. The predicted molar refractivity (Wildman–Crippen MR) is 137 cm³/mol. The minimum absolute atomic E-state index is 0.0583. The van der Waals surface area contributed by atoms with E-state index in [0.29, 0.717) is 28.8 Å². The van der Waals surface area contributed by atoms with Crippen LogP contribution in [0, 0.1) is 0 Å². The van der Waals surface area contributed by atoms with E-state index in [-0.39, 0.29) is 37.5 Å². The van der Waals surface area contributed by atoms with Gasteiger partial charge in [-0.15, -0.1) is 0 Å². The van der Waals surface area contributed by atoms with E-state index in [4.69, 9.17) is 14.5 Å². The van der Waals surface area contributed by atoms with Crippen molar-refractivity contribution in [3.05, 3.63) is 72.3 Å². The molecule has 0 fully saturated rings.